The Balaban J connectivity index is 1.93. The average Bonchev–Trinajstić information content (AvgIpc) is 3.17. The molecule has 3 rings (SSSR count). The van der Waals surface area contributed by atoms with Gasteiger partial charge in [-0.15, -0.1) is 10.2 Å². The van der Waals surface area contributed by atoms with Crippen molar-refractivity contribution in [3.05, 3.63) is 77.1 Å². The minimum Gasteiger partial charge on any atom is -0.493 e. The van der Waals surface area contributed by atoms with Crippen molar-refractivity contribution < 1.29 is 14.3 Å². The quantitative estimate of drug-likeness (QED) is 0.441. The molecule has 2 aromatic carbocycles. The van der Waals surface area contributed by atoms with Crippen LogP contribution in [-0.4, -0.2) is 40.6 Å². The Hall–Kier alpha value is -2.97. The van der Waals surface area contributed by atoms with Gasteiger partial charge >= 0.3 is 0 Å². The molecule has 1 amide bonds. The standard InChI is InChI=1S/C23H25ClN4O3S/c1-15(24)14-32-23-27-26-21(28(23)2)18(13-16-9-6-5-7-10-16)25-22(29)17-11-8-12-19(30-3)20(17)31-4/h5-12,18H,1,13-14H2,2-4H3,(H,25,29)/t18-/m1/s1. The zero-order chi connectivity index (χ0) is 23.1. The first kappa shape index (κ1) is 23.7. The molecule has 0 saturated heterocycles. The van der Waals surface area contributed by atoms with E-state index in [1.807, 2.05) is 41.9 Å². The third-order valence-corrected chi connectivity index (χ3v) is 6.17. The predicted octanol–water partition coefficient (Wildman–Crippen LogP) is 4.39. The Kier molecular flexibility index (Phi) is 8.19. The number of methoxy groups -OCH3 is 2. The van der Waals surface area contributed by atoms with Crippen LogP contribution in [0.15, 0.2) is 65.3 Å². The van der Waals surface area contributed by atoms with Crippen LogP contribution in [0, 0.1) is 0 Å². The summed E-state index contributed by atoms with van der Waals surface area (Å²) in [6.45, 7) is 3.71. The predicted molar refractivity (Wildman–Crippen MR) is 127 cm³/mol. The van der Waals surface area contributed by atoms with E-state index in [9.17, 15) is 4.79 Å². The number of ether oxygens (including phenoxy) is 2. The van der Waals surface area contributed by atoms with Crippen molar-refractivity contribution in [1.82, 2.24) is 20.1 Å². The number of rotatable bonds is 10. The summed E-state index contributed by atoms with van der Waals surface area (Å²) >= 11 is 7.33. The fraction of sp³-hybridized carbons (Fsp3) is 0.261. The van der Waals surface area contributed by atoms with E-state index in [1.54, 1.807) is 18.2 Å². The number of benzene rings is 2. The Morgan fingerprint density at radius 3 is 2.56 bits per heavy atom. The van der Waals surface area contributed by atoms with Gasteiger partial charge in [0, 0.05) is 17.8 Å². The summed E-state index contributed by atoms with van der Waals surface area (Å²) in [6, 6.07) is 14.7. The summed E-state index contributed by atoms with van der Waals surface area (Å²) in [5.74, 6) is 1.71. The van der Waals surface area contributed by atoms with Crippen molar-refractivity contribution in [2.75, 3.05) is 20.0 Å². The Bertz CT molecular complexity index is 1090. The number of halogens is 1. The third-order valence-electron chi connectivity index (χ3n) is 4.77. The van der Waals surface area contributed by atoms with Crippen molar-refractivity contribution in [2.45, 2.75) is 17.6 Å². The van der Waals surface area contributed by atoms with Gasteiger partial charge in [-0.3, -0.25) is 4.79 Å². The number of carbonyl (C=O) groups excluding carboxylic acids is 1. The Morgan fingerprint density at radius 1 is 1.16 bits per heavy atom. The van der Waals surface area contributed by atoms with Crippen LogP contribution in [-0.2, 0) is 13.5 Å². The molecule has 3 aromatic rings. The maximum atomic E-state index is 13.3. The van der Waals surface area contributed by atoms with Crippen LogP contribution in [0.2, 0.25) is 0 Å². The van der Waals surface area contributed by atoms with E-state index >= 15 is 0 Å². The monoisotopic (exact) mass is 472 g/mol. The Labute approximate surface area is 196 Å². The number of carbonyl (C=O) groups is 1. The van der Waals surface area contributed by atoms with Gasteiger partial charge in [-0.05, 0) is 24.1 Å². The molecule has 0 aliphatic rings. The summed E-state index contributed by atoms with van der Waals surface area (Å²) in [5.41, 5.74) is 1.43. The molecule has 7 nitrogen and oxygen atoms in total. The van der Waals surface area contributed by atoms with E-state index in [1.165, 1.54) is 26.0 Å². The first-order valence-corrected chi connectivity index (χ1v) is 11.2. The van der Waals surface area contributed by atoms with E-state index in [-0.39, 0.29) is 5.91 Å². The SMILES string of the molecule is C=C(Cl)CSc1nnc([C@@H](Cc2ccccc2)NC(=O)c2cccc(OC)c2OC)n1C. The summed E-state index contributed by atoms with van der Waals surface area (Å²) in [7, 11) is 4.91. The molecule has 9 heteroatoms. The lowest BCUT2D eigenvalue weighted by atomic mass is 10.0. The third kappa shape index (κ3) is 5.63. The molecule has 0 bridgehead atoms. The van der Waals surface area contributed by atoms with Gasteiger partial charge in [0.2, 0.25) is 0 Å². The lowest BCUT2D eigenvalue weighted by Gasteiger charge is -2.20. The average molecular weight is 473 g/mol. The topological polar surface area (TPSA) is 78.3 Å². The number of amides is 1. The highest BCUT2D eigenvalue weighted by Crippen LogP contribution is 2.31. The molecule has 0 aliphatic heterocycles. The van der Waals surface area contributed by atoms with Crippen LogP contribution in [0.4, 0.5) is 0 Å². The minimum atomic E-state index is -0.424. The van der Waals surface area contributed by atoms with Crippen LogP contribution in [0.3, 0.4) is 0 Å². The lowest BCUT2D eigenvalue weighted by Crippen LogP contribution is -2.32. The molecule has 0 unspecified atom stereocenters. The summed E-state index contributed by atoms with van der Waals surface area (Å²) in [5, 5.41) is 12.9. The van der Waals surface area contributed by atoms with Gasteiger partial charge in [-0.25, -0.2) is 0 Å². The number of nitrogens with one attached hydrogen (secondary N) is 1. The van der Waals surface area contributed by atoms with Gasteiger partial charge in [0.25, 0.3) is 5.91 Å². The van der Waals surface area contributed by atoms with Crippen molar-refractivity contribution in [3.8, 4) is 11.5 Å². The van der Waals surface area contributed by atoms with Gasteiger partial charge in [-0.2, -0.15) is 0 Å². The first-order chi connectivity index (χ1) is 15.4. The molecule has 1 aromatic heterocycles. The summed E-state index contributed by atoms with van der Waals surface area (Å²) < 4.78 is 12.6. The zero-order valence-corrected chi connectivity index (χ0v) is 19.7. The number of hydrogen-bond acceptors (Lipinski definition) is 6. The zero-order valence-electron chi connectivity index (χ0n) is 18.2. The molecule has 168 valence electrons. The fourth-order valence-corrected chi connectivity index (χ4v) is 4.09. The first-order valence-electron chi connectivity index (χ1n) is 9.85. The summed E-state index contributed by atoms with van der Waals surface area (Å²) in [6.07, 6.45) is 0.539. The number of nitrogens with zero attached hydrogens (tertiary/aromatic N) is 3. The van der Waals surface area contributed by atoms with Crippen molar-refractivity contribution in [2.24, 2.45) is 7.05 Å². The fourth-order valence-electron chi connectivity index (χ4n) is 3.26. The molecule has 0 spiro atoms. The molecule has 32 heavy (non-hydrogen) atoms. The number of hydrogen-bond donors (Lipinski definition) is 1. The van der Waals surface area contributed by atoms with Gasteiger partial charge in [0.15, 0.2) is 22.5 Å². The maximum Gasteiger partial charge on any atom is 0.255 e. The van der Waals surface area contributed by atoms with E-state index in [0.717, 1.165) is 5.56 Å². The van der Waals surface area contributed by atoms with Crippen LogP contribution >= 0.6 is 23.4 Å². The maximum absolute atomic E-state index is 13.3. The molecule has 0 radical (unpaired) electrons. The van der Waals surface area contributed by atoms with E-state index in [0.29, 0.717) is 45.2 Å². The van der Waals surface area contributed by atoms with Crippen molar-refractivity contribution in [3.63, 3.8) is 0 Å². The smallest absolute Gasteiger partial charge is 0.255 e. The largest absolute Gasteiger partial charge is 0.493 e. The number of para-hydroxylation sites is 1. The Morgan fingerprint density at radius 2 is 1.91 bits per heavy atom. The van der Waals surface area contributed by atoms with Gasteiger partial charge in [-0.1, -0.05) is 66.3 Å². The van der Waals surface area contributed by atoms with Crippen LogP contribution in [0.5, 0.6) is 11.5 Å². The molecular formula is C23H25ClN4O3S. The van der Waals surface area contributed by atoms with Crippen LogP contribution in [0.1, 0.15) is 27.8 Å². The lowest BCUT2D eigenvalue weighted by molar-refractivity contribution is 0.0930. The molecule has 1 heterocycles. The van der Waals surface area contributed by atoms with Gasteiger partial charge < -0.3 is 19.4 Å². The van der Waals surface area contributed by atoms with Crippen LogP contribution < -0.4 is 14.8 Å². The van der Waals surface area contributed by atoms with Gasteiger partial charge in [0.05, 0.1) is 25.8 Å². The number of thioether (sulfide) groups is 1. The molecule has 0 aliphatic carbocycles. The molecule has 1 N–H and O–H groups in total. The normalized spacial score (nSPS) is 11.6. The molecular weight excluding hydrogens is 448 g/mol. The minimum absolute atomic E-state index is 0.298. The van der Waals surface area contributed by atoms with E-state index in [4.69, 9.17) is 21.1 Å². The molecule has 1 atom stereocenters. The van der Waals surface area contributed by atoms with Crippen molar-refractivity contribution >= 4 is 29.3 Å². The molecule has 0 fully saturated rings. The highest BCUT2D eigenvalue weighted by molar-refractivity contribution is 7.99. The number of aromatic nitrogens is 3. The highest BCUT2D eigenvalue weighted by atomic mass is 35.5. The second-order valence-electron chi connectivity index (χ2n) is 6.96. The van der Waals surface area contributed by atoms with Gasteiger partial charge in [0.1, 0.15) is 0 Å². The van der Waals surface area contributed by atoms with Crippen molar-refractivity contribution in [1.29, 1.82) is 0 Å². The second kappa shape index (κ2) is 11.1. The second-order valence-corrected chi connectivity index (χ2v) is 8.44. The highest BCUT2D eigenvalue weighted by Gasteiger charge is 2.25. The molecule has 0 saturated carbocycles. The summed E-state index contributed by atoms with van der Waals surface area (Å²) in [4.78, 5) is 13.3. The van der Waals surface area contributed by atoms with Crippen LogP contribution in [0.25, 0.3) is 0 Å². The van der Waals surface area contributed by atoms with E-state index < -0.39 is 6.04 Å². The van der Waals surface area contributed by atoms with E-state index in [2.05, 4.69) is 22.1 Å².